The van der Waals surface area contributed by atoms with Crippen molar-refractivity contribution in [1.82, 2.24) is 34.7 Å². The van der Waals surface area contributed by atoms with Gasteiger partial charge < -0.3 is 10.1 Å². The number of benzene rings is 1. The lowest BCUT2D eigenvalue weighted by molar-refractivity contribution is 0.224. The average Bonchev–Trinajstić information content (AvgIpc) is 3.51. The number of nitrogens with one attached hydrogen (secondary N) is 1. The van der Waals surface area contributed by atoms with Gasteiger partial charge in [-0.3, -0.25) is 9.88 Å². The molecule has 0 spiro atoms. The number of nitrogens with zero attached hydrogens (tertiary/aromatic N) is 7. The Bertz CT molecular complexity index is 1590. The van der Waals surface area contributed by atoms with Crippen LogP contribution in [0, 0.1) is 11.6 Å². The van der Waals surface area contributed by atoms with Crippen LogP contribution in [0.4, 0.5) is 18.9 Å². The molecule has 0 saturated carbocycles. The minimum Gasteiger partial charge on any atom is -0.491 e. The molecule has 0 radical (unpaired) electrons. The van der Waals surface area contributed by atoms with E-state index in [-0.39, 0.29) is 6.54 Å². The zero-order chi connectivity index (χ0) is 26.1. The first-order chi connectivity index (χ1) is 18.5. The van der Waals surface area contributed by atoms with Gasteiger partial charge in [0.05, 0.1) is 29.6 Å². The Hall–Kier alpha value is -4.32. The molecular weight excluding hydrogens is 497 g/mol. The van der Waals surface area contributed by atoms with Gasteiger partial charge in [0, 0.05) is 43.5 Å². The van der Waals surface area contributed by atoms with Gasteiger partial charge in [-0.25, -0.2) is 18.2 Å². The molecule has 12 heteroatoms. The molecule has 0 aliphatic carbocycles. The summed E-state index contributed by atoms with van der Waals surface area (Å²) in [6, 6.07) is 10.2. The van der Waals surface area contributed by atoms with Crippen LogP contribution in [-0.2, 0) is 6.54 Å². The Morgan fingerprint density at radius 3 is 2.71 bits per heavy atom. The molecule has 1 aliphatic heterocycles. The molecule has 1 fully saturated rings. The number of anilines is 1. The van der Waals surface area contributed by atoms with E-state index in [1.54, 1.807) is 30.6 Å². The van der Waals surface area contributed by atoms with Crippen molar-refractivity contribution in [3.8, 4) is 17.0 Å². The predicted molar refractivity (Wildman–Crippen MR) is 134 cm³/mol. The molecule has 1 aliphatic rings. The smallest absolute Gasteiger partial charge is 0.178 e. The summed E-state index contributed by atoms with van der Waals surface area (Å²) in [6.45, 7) is 2.56. The van der Waals surface area contributed by atoms with Gasteiger partial charge in [-0.2, -0.15) is 9.61 Å². The van der Waals surface area contributed by atoms with Gasteiger partial charge >= 0.3 is 0 Å². The van der Waals surface area contributed by atoms with Crippen molar-refractivity contribution in [3.05, 3.63) is 72.3 Å². The van der Waals surface area contributed by atoms with Crippen molar-refractivity contribution in [1.29, 1.82) is 0 Å². The van der Waals surface area contributed by atoms with Gasteiger partial charge in [-0.1, -0.05) is 0 Å². The second-order valence-corrected chi connectivity index (χ2v) is 9.05. The van der Waals surface area contributed by atoms with E-state index in [4.69, 9.17) is 4.74 Å². The highest BCUT2D eigenvalue weighted by Crippen LogP contribution is 2.24. The summed E-state index contributed by atoms with van der Waals surface area (Å²) in [5, 5.41) is 16.1. The molecule has 6 rings (SSSR count). The van der Waals surface area contributed by atoms with Gasteiger partial charge in [0.1, 0.15) is 35.7 Å². The van der Waals surface area contributed by atoms with Gasteiger partial charge in [0.25, 0.3) is 0 Å². The second-order valence-electron chi connectivity index (χ2n) is 9.05. The van der Waals surface area contributed by atoms with E-state index in [1.807, 2.05) is 11.0 Å². The molecule has 5 aromatic rings. The highest BCUT2D eigenvalue weighted by Gasteiger charge is 2.21. The van der Waals surface area contributed by atoms with Crippen molar-refractivity contribution >= 4 is 22.4 Å². The van der Waals surface area contributed by atoms with E-state index in [0.717, 1.165) is 18.3 Å². The monoisotopic (exact) mass is 520 g/mol. The maximum atomic E-state index is 13.7. The largest absolute Gasteiger partial charge is 0.491 e. The predicted octanol–water partition coefficient (Wildman–Crippen LogP) is 4.05. The molecule has 4 aromatic heterocycles. The molecule has 38 heavy (non-hydrogen) atoms. The molecular formula is C26H23F3N8O. The van der Waals surface area contributed by atoms with Crippen LogP contribution in [0.15, 0.2) is 54.9 Å². The Kier molecular flexibility index (Phi) is 6.46. The summed E-state index contributed by atoms with van der Waals surface area (Å²) in [5.74, 6) is -0.271. The Morgan fingerprint density at radius 1 is 1.03 bits per heavy atom. The summed E-state index contributed by atoms with van der Waals surface area (Å²) in [4.78, 5) is 11.0. The third kappa shape index (κ3) is 5.07. The van der Waals surface area contributed by atoms with Crippen LogP contribution in [0.2, 0.25) is 0 Å². The van der Waals surface area contributed by atoms with Gasteiger partial charge in [-0.15, -0.1) is 10.2 Å². The first-order valence-electron chi connectivity index (χ1n) is 12.2. The maximum absolute atomic E-state index is 13.7. The highest BCUT2D eigenvalue weighted by molar-refractivity contribution is 5.87. The molecule has 1 atom stereocenters. The minimum absolute atomic E-state index is 0.263. The zero-order valence-electron chi connectivity index (χ0n) is 20.2. The van der Waals surface area contributed by atoms with Crippen molar-refractivity contribution in [3.63, 3.8) is 0 Å². The highest BCUT2D eigenvalue weighted by atomic mass is 19.1. The van der Waals surface area contributed by atoms with Crippen LogP contribution in [0.5, 0.6) is 5.75 Å². The van der Waals surface area contributed by atoms with Gasteiger partial charge in [-0.05, 0) is 36.8 Å². The lowest BCUT2D eigenvalue weighted by atomic mass is 10.1. The van der Waals surface area contributed by atoms with Crippen molar-refractivity contribution in [2.24, 2.45) is 0 Å². The standard InChI is InChI=1S/C26H23F3N8O/c27-17-4-6-36(15-17)7-8-38-20-12-23-26(32-13-20)22(3-5-30-23)31-14-25-34-33-24-2-1-21(35-37(24)25)16-9-18(28)11-19(29)10-16/h1-3,5,9-13,17H,4,6-8,14-15H2,(H,30,31)/t17-/m1/s1. The van der Waals surface area contributed by atoms with Crippen LogP contribution < -0.4 is 10.1 Å². The number of fused-ring (bicyclic) bond motifs is 2. The second kappa shape index (κ2) is 10.2. The van der Waals surface area contributed by atoms with Crippen molar-refractivity contribution in [2.45, 2.75) is 19.1 Å². The molecule has 0 amide bonds. The fourth-order valence-corrected chi connectivity index (χ4v) is 4.49. The van der Waals surface area contributed by atoms with Crippen LogP contribution >= 0.6 is 0 Å². The maximum Gasteiger partial charge on any atom is 0.178 e. The van der Waals surface area contributed by atoms with Crippen molar-refractivity contribution in [2.75, 3.05) is 31.6 Å². The summed E-state index contributed by atoms with van der Waals surface area (Å²) in [7, 11) is 0. The van der Waals surface area contributed by atoms with E-state index in [0.29, 0.717) is 65.6 Å². The number of alkyl halides is 1. The summed E-state index contributed by atoms with van der Waals surface area (Å²) in [5.41, 5.74) is 3.22. The number of hydrogen-bond acceptors (Lipinski definition) is 8. The zero-order valence-corrected chi connectivity index (χ0v) is 20.2. The van der Waals surface area contributed by atoms with E-state index >= 15 is 0 Å². The number of likely N-dealkylation sites (tertiary alicyclic amines) is 1. The average molecular weight is 521 g/mol. The number of aromatic nitrogens is 6. The SMILES string of the molecule is Fc1cc(F)cc(-c2ccc3nnc(CNc4ccnc5cc(OCCN6CC[C@@H](F)C6)cnc45)n3n2)c1. The van der Waals surface area contributed by atoms with Crippen LogP contribution in [0.3, 0.4) is 0 Å². The third-order valence-electron chi connectivity index (χ3n) is 6.37. The molecule has 0 unspecified atom stereocenters. The van der Waals surface area contributed by atoms with E-state index < -0.39 is 17.8 Å². The fraction of sp³-hybridized carbons (Fsp3) is 0.269. The molecule has 194 valence electrons. The van der Waals surface area contributed by atoms with E-state index in [2.05, 4.69) is 30.6 Å². The first-order valence-corrected chi connectivity index (χ1v) is 12.2. The number of hydrogen-bond donors (Lipinski definition) is 1. The summed E-state index contributed by atoms with van der Waals surface area (Å²) in [6.07, 6.45) is 3.12. The van der Waals surface area contributed by atoms with E-state index in [9.17, 15) is 13.2 Å². The Morgan fingerprint density at radius 2 is 1.89 bits per heavy atom. The fourth-order valence-electron chi connectivity index (χ4n) is 4.49. The lowest BCUT2D eigenvalue weighted by Gasteiger charge is -2.15. The lowest BCUT2D eigenvalue weighted by Crippen LogP contribution is -2.26. The first kappa shape index (κ1) is 24.0. The Balaban J connectivity index is 1.17. The molecule has 1 aromatic carbocycles. The molecule has 9 nitrogen and oxygen atoms in total. The topological polar surface area (TPSA) is 93.4 Å². The Labute approximate surface area is 215 Å². The minimum atomic E-state index is -0.751. The number of pyridine rings is 2. The van der Waals surface area contributed by atoms with Crippen molar-refractivity contribution < 1.29 is 17.9 Å². The normalized spacial score (nSPS) is 15.9. The molecule has 1 N–H and O–H groups in total. The molecule has 1 saturated heterocycles. The molecule has 5 heterocycles. The number of ether oxygens (including phenoxy) is 1. The molecule has 0 bridgehead atoms. The summed E-state index contributed by atoms with van der Waals surface area (Å²) < 4.78 is 48.1. The quantitative estimate of drug-likeness (QED) is 0.328. The van der Waals surface area contributed by atoms with E-state index in [1.165, 1.54) is 16.6 Å². The van der Waals surface area contributed by atoms with Gasteiger partial charge in [0.2, 0.25) is 0 Å². The number of rotatable bonds is 8. The van der Waals surface area contributed by atoms with Crippen LogP contribution in [-0.4, -0.2) is 67.1 Å². The van der Waals surface area contributed by atoms with Gasteiger partial charge in [0.15, 0.2) is 11.5 Å². The third-order valence-corrected chi connectivity index (χ3v) is 6.37. The van der Waals surface area contributed by atoms with Crippen LogP contribution in [0.25, 0.3) is 27.9 Å². The van der Waals surface area contributed by atoms with Crippen LogP contribution in [0.1, 0.15) is 12.2 Å². The number of halogens is 3. The summed E-state index contributed by atoms with van der Waals surface area (Å²) >= 11 is 0.